The molecule has 3 heterocycles. The minimum atomic E-state index is -1.56. The van der Waals surface area contributed by atoms with Crippen LogP contribution in [-0.4, -0.2) is 45.4 Å². The number of aromatic amines is 2. The van der Waals surface area contributed by atoms with Crippen molar-refractivity contribution in [3.63, 3.8) is 0 Å². The third-order valence-corrected chi connectivity index (χ3v) is 9.05. The van der Waals surface area contributed by atoms with Crippen LogP contribution in [0.25, 0.3) is 21.8 Å². The lowest BCUT2D eigenvalue weighted by Crippen LogP contribution is -2.71. The first-order valence-corrected chi connectivity index (χ1v) is 15.1. The molecule has 0 radical (unpaired) electrons. The van der Waals surface area contributed by atoms with E-state index in [4.69, 9.17) is 0 Å². The van der Waals surface area contributed by atoms with Gasteiger partial charge in [0.15, 0.2) is 5.66 Å². The standard InChI is InChI=1S/C36H38FN5O2/c1-22-16-26(17-23(2)24(22)3)19-40-35(44)36(41-25(4)43,42-14-8-5-9-15-42)34(30-20-38-32-11-7-6-10-28(30)32)31-21-39-33-13-12-27(37)18-29(31)33/h5-8,10-13,16-18,20-21,34,38-39H,9,14-15,19H2,1-4H3,(H,40,44)(H,41,43). The van der Waals surface area contributed by atoms with E-state index in [1.165, 1.54) is 24.6 Å². The zero-order chi connectivity index (χ0) is 31.0. The molecule has 5 aromatic rings. The Labute approximate surface area is 256 Å². The van der Waals surface area contributed by atoms with Crippen LogP contribution >= 0.6 is 0 Å². The predicted molar refractivity (Wildman–Crippen MR) is 173 cm³/mol. The van der Waals surface area contributed by atoms with Gasteiger partial charge in [0.2, 0.25) is 5.91 Å². The molecule has 226 valence electrons. The van der Waals surface area contributed by atoms with Crippen molar-refractivity contribution in [3.8, 4) is 0 Å². The van der Waals surface area contributed by atoms with Crippen LogP contribution in [0.3, 0.4) is 0 Å². The van der Waals surface area contributed by atoms with Gasteiger partial charge in [0.25, 0.3) is 5.91 Å². The van der Waals surface area contributed by atoms with Gasteiger partial charge in [-0.25, -0.2) is 4.39 Å². The Kier molecular flexibility index (Phi) is 7.86. The number of fused-ring (bicyclic) bond motifs is 2. The van der Waals surface area contributed by atoms with Crippen LogP contribution in [-0.2, 0) is 16.1 Å². The molecule has 8 heteroatoms. The quantitative estimate of drug-likeness (QED) is 0.161. The van der Waals surface area contributed by atoms with E-state index in [2.05, 4.69) is 59.6 Å². The second-order valence-electron chi connectivity index (χ2n) is 11.8. The molecule has 4 N–H and O–H groups in total. The number of nitrogens with one attached hydrogen (secondary N) is 4. The smallest absolute Gasteiger partial charge is 0.262 e. The Balaban J connectivity index is 1.59. The van der Waals surface area contributed by atoms with Gasteiger partial charge in [0.1, 0.15) is 5.82 Å². The van der Waals surface area contributed by atoms with Crippen molar-refractivity contribution in [2.24, 2.45) is 0 Å². The van der Waals surface area contributed by atoms with Crippen LogP contribution in [0.2, 0.25) is 0 Å². The lowest BCUT2D eigenvalue weighted by Gasteiger charge is -2.48. The van der Waals surface area contributed by atoms with Gasteiger partial charge in [-0.1, -0.05) is 42.5 Å². The highest BCUT2D eigenvalue weighted by atomic mass is 19.1. The number of carbonyl (C=O) groups is 2. The molecule has 3 aromatic carbocycles. The number of nitrogens with zero attached hydrogens (tertiary/aromatic N) is 1. The maximum Gasteiger partial charge on any atom is 0.262 e. The topological polar surface area (TPSA) is 93.0 Å². The first kappa shape index (κ1) is 29.4. The number of rotatable bonds is 8. The van der Waals surface area contributed by atoms with Gasteiger partial charge in [-0.15, -0.1) is 0 Å². The summed E-state index contributed by atoms with van der Waals surface area (Å²) in [4.78, 5) is 36.9. The van der Waals surface area contributed by atoms with Gasteiger partial charge in [0, 0.05) is 60.8 Å². The summed E-state index contributed by atoms with van der Waals surface area (Å²) in [6.45, 7) is 8.95. The summed E-state index contributed by atoms with van der Waals surface area (Å²) in [5, 5.41) is 7.96. The van der Waals surface area contributed by atoms with E-state index in [1.807, 2.05) is 47.6 Å². The number of hydrogen-bond acceptors (Lipinski definition) is 3. The maximum absolute atomic E-state index is 15.0. The van der Waals surface area contributed by atoms with Crippen LogP contribution < -0.4 is 10.6 Å². The minimum Gasteiger partial charge on any atom is -0.361 e. The van der Waals surface area contributed by atoms with E-state index in [1.54, 1.807) is 6.07 Å². The minimum absolute atomic E-state index is 0.287. The van der Waals surface area contributed by atoms with E-state index < -0.39 is 11.6 Å². The van der Waals surface area contributed by atoms with Gasteiger partial charge >= 0.3 is 0 Å². The SMILES string of the molecule is CC(=O)NC(C(=O)NCc1cc(C)c(C)c(C)c1)(C(c1c[nH]c2ccccc12)c1c[nH]c2ccc(F)cc12)N1CC=CCC1. The highest BCUT2D eigenvalue weighted by Gasteiger charge is 2.53. The fraction of sp³-hybridized carbons (Fsp3) is 0.278. The van der Waals surface area contributed by atoms with Crippen molar-refractivity contribution in [2.75, 3.05) is 13.1 Å². The average Bonchev–Trinajstić information content (AvgIpc) is 3.63. The third-order valence-electron chi connectivity index (χ3n) is 9.05. The van der Waals surface area contributed by atoms with Gasteiger partial charge < -0.3 is 20.6 Å². The number of aromatic nitrogens is 2. The summed E-state index contributed by atoms with van der Waals surface area (Å²) >= 11 is 0. The lowest BCUT2D eigenvalue weighted by atomic mass is 9.77. The van der Waals surface area contributed by atoms with E-state index in [0.717, 1.165) is 38.7 Å². The largest absolute Gasteiger partial charge is 0.361 e. The number of para-hydroxylation sites is 1. The average molecular weight is 592 g/mol. The Morgan fingerprint density at radius 3 is 2.30 bits per heavy atom. The second-order valence-corrected chi connectivity index (χ2v) is 11.8. The van der Waals surface area contributed by atoms with Crippen molar-refractivity contribution in [3.05, 3.63) is 118 Å². The molecule has 2 amide bonds. The van der Waals surface area contributed by atoms with Crippen molar-refractivity contribution >= 4 is 33.6 Å². The first-order chi connectivity index (χ1) is 21.2. The number of halogens is 1. The summed E-state index contributed by atoms with van der Waals surface area (Å²) < 4.78 is 14.8. The van der Waals surface area contributed by atoms with E-state index in [9.17, 15) is 14.0 Å². The van der Waals surface area contributed by atoms with Gasteiger partial charge in [-0.2, -0.15) is 0 Å². The molecular weight excluding hydrogens is 553 g/mol. The Bertz CT molecular complexity index is 1880. The van der Waals surface area contributed by atoms with Crippen LogP contribution in [0.15, 0.2) is 79.1 Å². The second kappa shape index (κ2) is 11.8. The van der Waals surface area contributed by atoms with E-state index in [0.29, 0.717) is 30.5 Å². The molecule has 2 aromatic heterocycles. The van der Waals surface area contributed by atoms with Crippen LogP contribution in [0, 0.1) is 26.6 Å². The summed E-state index contributed by atoms with van der Waals surface area (Å²) in [6, 6.07) is 16.7. The van der Waals surface area contributed by atoms with E-state index in [-0.39, 0.29) is 24.2 Å². The molecule has 2 atom stereocenters. The zero-order valence-electron chi connectivity index (χ0n) is 25.6. The Morgan fingerprint density at radius 1 is 0.932 bits per heavy atom. The number of aryl methyl sites for hydroxylation is 2. The molecule has 0 fully saturated rings. The molecule has 1 aliphatic heterocycles. The molecule has 6 rings (SSSR count). The molecule has 0 aliphatic carbocycles. The summed E-state index contributed by atoms with van der Waals surface area (Å²) in [5.41, 5.74) is 6.13. The summed E-state index contributed by atoms with van der Waals surface area (Å²) in [6.07, 6.45) is 8.58. The molecule has 44 heavy (non-hydrogen) atoms. The lowest BCUT2D eigenvalue weighted by molar-refractivity contribution is -0.143. The van der Waals surface area contributed by atoms with Crippen LogP contribution in [0.5, 0.6) is 0 Å². The number of hydrogen-bond donors (Lipinski definition) is 4. The number of amides is 2. The normalized spacial score (nSPS) is 15.8. The molecule has 2 unspecified atom stereocenters. The maximum atomic E-state index is 15.0. The Morgan fingerprint density at radius 2 is 1.61 bits per heavy atom. The highest BCUT2D eigenvalue weighted by molar-refractivity contribution is 5.96. The zero-order valence-corrected chi connectivity index (χ0v) is 25.6. The van der Waals surface area contributed by atoms with Crippen molar-refractivity contribution in [1.82, 2.24) is 25.5 Å². The highest BCUT2D eigenvalue weighted by Crippen LogP contribution is 2.44. The van der Waals surface area contributed by atoms with Crippen molar-refractivity contribution in [2.45, 2.75) is 52.2 Å². The molecule has 0 saturated carbocycles. The van der Waals surface area contributed by atoms with Crippen LogP contribution in [0.1, 0.15) is 52.6 Å². The van der Waals surface area contributed by atoms with Gasteiger partial charge in [0.05, 0.1) is 5.92 Å². The number of H-pyrrole nitrogens is 2. The fourth-order valence-corrected chi connectivity index (χ4v) is 6.74. The first-order valence-electron chi connectivity index (χ1n) is 15.1. The third kappa shape index (κ3) is 5.19. The number of carbonyl (C=O) groups excluding carboxylic acids is 2. The molecule has 0 saturated heterocycles. The molecular formula is C36H38FN5O2. The van der Waals surface area contributed by atoms with Crippen molar-refractivity contribution < 1.29 is 14.0 Å². The van der Waals surface area contributed by atoms with E-state index >= 15 is 0 Å². The summed E-state index contributed by atoms with van der Waals surface area (Å²) in [5.74, 6) is -1.77. The van der Waals surface area contributed by atoms with Gasteiger partial charge in [-0.3, -0.25) is 14.5 Å². The Hall–Kier alpha value is -4.69. The van der Waals surface area contributed by atoms with Gasteiger partial charge in [-0.05, 0) is 84.8 Å². The molecule has 7 nitrogen and oxygen atoms in total. The molecule has 0 bridgehead atoms. The summed E-state index contributed by atoms with van der Waals surface area (Å²) in [7, 11) is 0. The van der Waals surface area contributed by atoms with Crippen molar-refractivity contribution in [1.29, 1.82) is 0 Å². The molecule has 0 spiro atoms. The molecule has 1 aliphatic rings. The number of benzene rings is 3. The van der Waals surface area contributed by atoms with Crippen LogP contribution in [0.4, 0.5) is 4.39 Å². The fourth-order valence-electron chi connectivity index (χ4n) is 6.74. The predicted octanol–water partition coefficient (Wildman–Crippen LogP) is 6.26. The monoisotopic (exact) mass is 591 g/mol.